The van der Waals surface area contributed by atoms with Crippen molar-refractivity contribution in [3.8, 4) is 0 Å². The first-order valence-electron chi connectivity index (χ1n) is 11.3. The van der Waals surface area contributed by atoms with Gasteiger partial charge >= 0.3 is 0 Å². The maximum atomic E-state index is 10.4. The number of allylic oxidation sites excluding steroid dienone is 2. The minimum atomic E-state index is -1.53. The van der Waals surface area contributed by atoms with E-state index in [1.165, 1.54) is 12.5 Å². The minimum absolute atomic E-state index is 0.195. The Hall–Kier alpha value is -0.660. The first kappa shape index (κ1) is 26.0. The lowest BCUT2D eigenvalue weighted by molar-refractivity contribution is -0.343. The van der Waals surface area contributed by atoms with E-state index < -0.39 is 67.0 Å². The minimum Gasteiger partial charge on any atom is -0.388 e. The lowest BCUT2D eigenvalue weighted by atomic mass is 9.79. The molecular formula is C22H38O10. The number of aliphatic hydroxyl groups excluding tert-OH is 6. The molecular weight excluding hydrogens is 424 g/mol. The van der Waals surface area contributed by atoms with Gasteiger partial charge in [0, 0.05) is 0 Å². The van der Waals surface area contributed by atoms with Gasteiger partial charge in [0.2, 0.25) is 0 Å². The van der Waals surface area contributed by atoms with Gasteiger partial charge in [0.05, 0.1) is 18.3 Å². The third kappa shape index (κ3) is 5.52. The molecule has 186 valence electrons. The Morgan fingerprint density at radius 3 is 2.16 bits per heavy atom. The van der Waals surface area contributed by atoms with Crippen LogP contribution in [-0.4, -0.2) is 104 Å². The van der Waals surface area contributed by atoms with Gasteiger partial charge in [-0.2, -0.15) is 0 Å². The van der Waals surface area contributed by atoms with Gasteiger partial charge in [0.15, 0.2) is 12.6 Å². The number of rotatable bonds is 6. The first-order chi connectivity index (χ1) is 14.9. The normalized spacial score (nSPS) is 46.1. The summed E-state index contributed by atoms with van der Waals surface area (Å²) in [4.78, 5) is 0. The molecule has 0 aromatic heterocycles. The maximum absolute atomic E-state index is 10.4. The Morgan fingerprint density at radius 1 is 0.906 bits per heavy atom. The van der Waals surface area contributed by atoms with Crippen LogP contribution in [0.25, 0.3) is 0 Å². The van der Waals surface area contributed by atoms with Gasteiger partial charge in [-0.05, 0) is 52.9 Å². The summed E-state index contributed by atoms with van der Waals surface area (Å²) in [5.41, 5.74) is 0.676. The van der Waals surface area contributed by atoms with E-state index in [1.807, 2.05) is 13.8 Å². The van der Waals surface area contributed by atoms with Gasteiger partial charge in [0.1, 0.15) is 42.7 Å². The summed E-state index contributed by atoms with van der Waals surface area (Å²) < 4.78 is 22.7. The fourth-order valence-corrected chi connectivity index (χ4v) is 4.48. The van der Waals surface area contributed by atoms with Crippen LogP contribution in [0.3, 0.4) is 0 Å². The molecule has 3 aliphatic rings. The number of aliphatic hydroxyl groups is 6. The smallest absolute Gasteiger partial charge is 0.187 e. The highest BCUT2D eigenvalue weighted by Crippen LogP contribution is 2.37. The van der Waals surface area contributed by atoms with E-state index in [-0.39, 0.29) is 12.5 Å². The molecule has 0 amide bonds. The van der Waals surface area contributed by atoms with Gasteiger partial charge in [-0.3, -0.25) is 0 Å². The monoisotopic (exact) mass is 462 g/mol. The SMILES string of the molecule is CC1=CCC(C(C)(C)O[C@@H]2O[C@H](CO[C@@H]3O[C@@H](C)[C@H](O)[C@@H](O)[C@H]3O)[C@@H](O)[C@H](O)[C@H]2O)CC1. The summed E-state index contributed by atoms with van der Waals surface area (Å²) in [6.07, 6.45) is -8.13. The van der Waals surface area contributed by atoms with Crippen LogP contribution in [0.1, 0.15) is 47.0 Å². The number of hydrogen-bond donors (Lipinski definition) is 6. The second-order valence-corrected chi connectivity index (χ2v) is 9.77. The molecule has 10 nitrogen and oxygen atoms in total. The van der Waals surface area contributed by atoms with E-state index in [4.69, 9.17) is 18.9 Å². The van der Waals surface area contributed by atoms with E-state index in [9.17, 15) is 30.6 Å². The average Bonchev–Trinajstić information content (AvgIpc) is 2.75. The summed E-state index contributed by atoms with van der Waals surface area (Å²) in [7, 11) is 0. The highest BCUT2D eigenvalue weighted by molar-refractivity contribution is 5.05. The lowest BCUT2D eigenvalue weighted by Gasteiger charge is -2.46. The van der Waals surface area contributed by atoms with Crippen molar-refractivity contribution >= 4 is 0 Å². The molecule has 1 aliphatic carbocycles. The van der Waals surface area contributed by atoms with Crippen molar-refractivity contribution in [2.24, 2.45) is 5.92 Å². The van der Waals surface area contributed by atoms with Crippen molar-refractivity contribution in [1.29, 1.82) is 0 Å². The fourth-order valence-electron chi connectivity index (χ4n) is 4.48. The topological polar surface area (TPSA) is 158 Å². The van der Waals surface area contributed by atoms with Crippen LogP contribution >= 0.6 is 0 Å². The zero-order chi connectivity index (χ0) is 23.8. The predicted molar refractivity (Wildman–Crippen MR) is 111 cm³/mol. The molecule has 10 heteroatoms. The van der Waals surface area contributed by atoms with Crippen molar-refractivity contribution in [2.45, 2.75) is 114 Å². The highest BCUT2D eigenvalue weighted by atomic mass is 16.7. The molecule has 0 radical (unpaired) electrons. The maximum Gasteiger partial charge on any atom is 0.187 e. The Kier molecular flexibility index (Phi) is 8.36. The Balaban J connectivity index is 1.62. The number of ether oxygens (including phenoxy) is 4. The molecule has 2 aliphatic heterocycles. The molecule has 0 bridgehead atoms. The second kappa shape index (κ2) is 10.3. The van der Waals surface area contributed by atoms with Crippen LogP contribution in [0.15, 0.2) is 11.6 Å². The van der Waals surface area contributed by atoms with E-state index in [0.717, 1.165) is 19.3 Å². The standard InChI is InChI=1S/C22H38O10/c1-10-5-7-12(8-6-10)22(3,4)32-21-19(28)17(26)15(24)13(31-21)9-29-20-18(27)16(25)14(23)11(2)30-20/h5,11-21,23-28H,6-9H2,1-4H3/t11-,12?,13+,14-,15+,16+,17-,18+,19+,20+,21-/m0/s1. The molecule has 32 heavy (non-hydrogen) atoms. The van der Waals surface area contributed by atoms with Crippen molar-refractivity contribution < 1.29 is 49.6 Å². The Morgan fingerprint density at radius 2 is 1.53 bits per heavy atom. The van der Waals surface area contributed by atoms with Crippen LogP contribution in [0.4, 0.5) is 0 Å². The summed E-state index contributed by atoms with van der Waals surface area (Å²) in [6.45, 7) is 7.12. The van der Waals surface area contributed by atoms with Gasteiger partial charge in [-0.1, -0.05) is 11.6 Å². The molecule has 3 rings (SSSR count). The quantitative estimate of drug-likeness (QED) is 0.275. The van der Waals surface area contributed by atoms with Crippen LogP contribution in [0.5, 0.6) is 0 Å². The molecule has 2 fully saturated rings. The van der Waals surface area contributed by atoms with Gasteiger partial charge in [-0.15, -0.1) is 0 Å². The first-order valence-corrected chi connectivity index (χ1v) is 11.3. The Bertz CT molecular complexity index is 655. The summed E-state index contributed by atoms with van der Waals surface area (Å²) in [6, 6.07) is 0. The van der Waals surface area contributed by atoms with E-state index >= 15 is 0 Å². The molecule has 6 N–H and O–H groups in total. The van der Waals surface area contributed by atoms with Crippen molar-refractivity contribution in [1.82, 2.24) is 0 Å². The highest BCUT2D eigenvalue weighted by Gasteiger charge is 2.48. The summed E-state index contributed by atoms with van der Waals surface area (Å²) in [5, 5.41) is 61.0. The molecule has 2 heterocycles. The molecule has 11 atom stereocenters. The molecule has 0 aromatic rings. The fraction of sp³-hybridized carbons (Fsp3) is 0.909. The third-order valence-electron chi connectivity index (χ3n) is 6.94. The van der Waals surface area contributed by atoms with E-state index in [1.54, 1.807) is 0 Å². The van der Waals surface area contributed by atoms with Gasteiger partial charge in [0.25, 0.3) is 0 Å². The molecule has 0 aromatic carbocycles. The van der Waals surface area contributed by atoms with Crippen molar-refractivity contribution in [3.63, 3.8) is 0 Å². The van der Waals surface area contributed by atoms with Crippen LogP contribution in [0.2, 0.25) is 0 Å². The molecule has 0 spiro atoms. The third-order valence-corrected chi connectivity index (χ3v) is 6.94. The summed E-state index contributed by atoms with van der Waals surface area (Å²) >= 11 is 0. The average molecular weight is 463 g/mol. The molecule has 2 saturated heterocycles. The van der Waals surface area contributed by atoms with Crippen LogP contribution < -0.4 is 0 Å². The lowest BCUT2D eigenvalue weighted by Crippen LogP contribution is -2.62. The zero-order valence-electron chi connectivity index (χ0n) is 19.1. The van der Waals surface area contributed by atoms with Crippen LogP contribution in [0, 0.1) is 5.92 Å². The zero-order valence-corrected chi connectivity index (χ0v) is 19.1. The van der Waals surface area contributed by atoms with Crippen LogP contribution in [-0.2, 0) is 18.9 Å². The Labute approximate surface area is 188 Å². The molecule has 0 saturated carbocycles. The summed E-state index contributed by atoms with van der Waals surface area (Å²) in [5.74, 6) is 0.195. The second-order valence-electron chi connectivity index (χ2n) is 9.77. The van der Waals surface area contributed by atoms with E-state index in [0.29, 0.717) is 0 Å². The van der Waals surface area contributed by atoms with E-state index in [2.05, 4.69) is 13.0 Å². The predicted octanol–water partition coefficient (Wildman–Crippen LogP) is -0.820. The number of hydrogen-bond acceptors (Lipinski definition) is 10. The van der Waals surface area contributed by atoms with Crippen molar-refractivity contribution in [2.75, 3.05) is 6.61 Å². The van der Waals surface area contributed by atoms with Gasteiger partial charge < -0.3 is 49.6 Å². The van der Waals surface area contributed by atoms with Gasteiger partial charge in [-0.25, -0.2) is 0 Å². The molecule has 1 unspecified atom stereocenters. The largest absolute Gasteiger partial charge is 0.388 e. The van der Waals surface area contributed by atoms with Crippen molar-refractivity contribution in [3.05, 3.63) is 11.6 Å².